The van der Waals surface area contributed by atoms with E-state index in [0.29, 0.717) is 12.4 Å². The molecule has 24 heavy (non-hydrogen) atoms. The molecule has 0 bridgehead atoms. The quantitative estimate of drug-likeness (QED) is 0.552. The van der Waals surface area contributed by atoms with Gasteiger partial charge in [-0.1, -0.05) is 54.1 Å². The molecule has 0 saturated heterocycles. The summed E-state index contributed by atoms with van der Waals surface area (Å²) in [5.41, 5.74) is 2.90. The van der Waals surface area contributed by atoms with Gasteiger partial charge in [-0.25, -0.2) is 4.98 Å². The molecular formula is C17H12ClN5S. The van der Waals surface area contributed by atoms with Crippen molar-refractivity contribution in [2.75, 3.05) is 0 Å². The standard InChI is InChI=1S/C17H12ClN5S/c18-14-8-6-13(7-9-14)17-19-15(11-24-17)10-23-21-16(20-22-23)12-4-2-1-3-5-12/h1-9,11H,10H2. The van der Waals surface area contributed by atoms with Crippen LogP contribution in [0.3, 0.4) is 0 Å². The number of tetrazole rings is 1. The minimum atomic E-state index is 0.490. The van der Waals surface area contributed by atoms with E-state index in [2.05, 4.69) is 20.4 Å². The predicted molar refractivity (Wildman–Crippen MR) is 94.9 cm³/mol. The topological polar surface area (TPSA) is 56.5 Å². The Morgan fingerprint density at radius 1 is 0.958 bits per heavy atom. The van der Waals surface area contributed by atoms with E-state index in [9.17, 15) is 0 Å². The molecule has 2 aromatic heterocycles. The van der Waals surface area contributed by atoms with Crippen LogP contribution >= 0.6 is 22.9 Å². The van der Waals surface area contributed by atoms with Crippen molar-refractivity contribution in [3.63, 3.8) is 0 Å². The first-order chi connectivity index (χ1) is 11.8. The van der Waals surface area contributed by atoms with Crippen LogP contribution in [0.2, 0.25) is 5.02 Å². The first-order valence-electron chi connectivity index (χ1n) is 7.31. The number of benzene rings is 2. The lowest BCUT2D eigenvalue weighted by Crippen LogP contribution is -2.04. The van der Waals surface area contributed by atoms with E-state index in [1.165, 1.54) is 0 Å². The molecule has 4 aromatic rings. The summed E-state index contributed by atoms with van der Waals surface area (Å²) in [7, 11) is 0. The second-order valence-electron chi connectivity index (χ2n) is 5.16. The fourth-order valence-corrected chi connectivity index (χ4v) is 3.21. The lowest BCUT2D eigenvalue weighted by atomic mass is 10.2. The monoisotopic (exact) mass is 353 g/mol. The first kappa shape index (κ1) is 15.0. The van der Waals surface area contributed by atoms with Crippen LogP contribution in [0.4, 0.5) is 0 Å². The third-order valence-corrected chi connectivity index (χ3v) is 4.62. The average Bonchev–Trinajstić information content (AvgIpc) is 3.27. The predicted octanol–water partition coefficient (Wildman–Crippen LogP) is 4.17. The number of rotatable bonds is 4. The molecule has 0 amide bonds. The van der Waals surface area contributed by atoms with E-state index in [1.807, 2.05) is 60.0 Å². The maximum Gasteiger partial charge on any atom is 0.204 e. The summed E-state index contributed by atoms with van der Waals surface area (Å²) in [4.78, 5) is 6.19. The van der Waals surface area contributed by atoms with E-state index < -0.39 is 0 Å². The zero-order valence-electron chi connectivity index (χ0n) is 12.5. The van der Waals surface area contributed by atoms with E-state index in [1.54, 1.807) is 16.1 Å². The van der Waals surface area contributed by atoms with Gasteiger partial charge in [-0.2, -0.15) is 4.80 Å². The highest BCUT2D eigenvalue weighted by Crippen LogP contribution is 2.25. The number of halogens is 1. The molecule has 0 aliphatic rings. The van der Waals surface area contributed by atoms with Crippen LogP contribution in [-0.4, -0.2) is 25.2 Å². The Morgan fingerprint density at radius 3 is 2.54 bits per heavy atom. The second kappa shape index (κ2) is 6.51. The van der Waals surface area contributed by atoms with Crippen molar-refractivity contribution in [1.82, 2.24) is 25.2 Å². The molecule has 0 fully saturated rings. The molecule has 0 radical (unpaired) electrons. The van der Waals surface area contributed by atoms with Gasteiger partial charge in [-0.3, -0.25) is 0 Å². The number of hydrogen-bond acceptors (Lipinski definition) is 5. The Bertz CT molecular complexity index is 947. The maximum atomic E-state index is 5.92. The molecule has 4 rings (SSSR count). The van der Waals surface area contributed by atoms with E-state index >= 15 is 0 Å². The van der Waals surface area contributed by atoms with Gasteiger partial charge in [-0.15, -0.1) is 21.5 Å². The average molecular weight is 354 g/mol. The van der Waals surface area contributed by atoms with Gasteiger partial charge >= 0.3 is 0 Å². The lowest BCUT2D eigenvalue weighted by Gasteiger charge is -1.96. The summed E-state index contributed by atoms with van der Waals surface area (Å²) in [5.74, 6) is 0.615. The number of thiazole rings is 1. The third-order valence-electron chi connectivity index (χ3n) is 3.43. The van der Waals surface area contributed by atoms with Gasteiger partial charge in [0.15, 0.2) is 0 Å². The smallest absolute Gasteiger partial charge is 0.204 e. The highest BCUT2D eigenvalue weighted by Gasteiger charge is 2.09. The second-order valence-corrected chi connectivity index (χ2v) is 6.45. The largest absolute Gasteiger partial charge is 0.239 e. The zero-order chi connectivity index (χ0) is 16.4. The van der Waals surface area contributed by atoms with Crippen LogP contribution < -0.4 is 0 Å². The summed E-state index contributed by atoms with van der Waals surface area (Å²) >= 11 is 7.51. The molecule has 0 N–H and O–H groups in total. The Morgan fingerprint density at radius 2 is 1.75 bits per heavy atom. The molecule has 0 aliphatic carbocycles. The fourth-order valence-electron chi connectivity index (χ4n) is 2.26. The fraction of sp³-hybridized carbons (Fsp3) is 0.0588. The van der Waals surface area contributed by atoms with Crippen molar-refractivity contribution < 1.29 is 0 Å². The number of hydrogen-bond donors (Lipinski definition) is 0. The Balaban J connectivity index is 1.52. The molecule has 5 nitrogen and oxygen atoms in total. The van der Waals surface area contributed by atoms with Crippen molar-refractivity contribution >= 4 is 22.9 Å². The number of aromatic nitrogens is 5. The molecule has 2 aromatic carbocycles. The van der Waals surface area contributed by atoms with E-state index in [4.69, 9.17) is 11.6 Å². The molecule has 0 spiro atoms. The van der Waals surface area contributed by atoms with Gasteiger partial charge in [0, 0.05) is 21.5 Å². The molecule has 7 heteroatoms. The molecule has 0 aliphatic heterocycles. The van der Waals surface area contributed by atoms with Crippen LogP contribution in [0, 0.1) is 0 Å². The summed E-state index contributed by atoms with van der Waals surface area (Å²) in [5, 5.41) is 16.3. The summed E-state index contributed by atoms with van der Waals surface area (Å²) < 4.78 is 0. The molecule has 0 unspecified atom stereocenters. The highest BCUT2D eigenvalue weighted by molar-refractivity contribution is 7.13. The normalized spacial score (nSPS) is 10.9. The Labute approximate surface area is 147 Å². The molecule has 0 saturated carbocycles. The summed E-state index contributed by atoms with van der Waals surface area (Å²) in [6.45, 7) is 0.490. The van der Waals surface area contributed by atoms with Crippen molar-refractivity contribution in [3.8, 4) is 22.0 Å². The van der Waals surface area contributed by atoms with Crippen molar-refractivity contribution in [2.45, 2.75) is 6.54 Å². The SMILES string of the molecule is Clc1ccc(-c2nc(Cn3nnc(-c4ccccc4)n3)cs2)cc1. The van der Waals surface area contributed by atoms with E-state index in [-0.39, 0.29) is 0 Å². The molecular weight excluding hydrogens is 342 g/mol. The zero-order valence-corrected chi connectivity index (χ0v) is 14.1. The summed E-state index contributed by atoms with van der Waals surface area (Å²) in [6.07, 6.45) is 0. The van der Waals surface area contributed by atoms with Gasteiger partial charge in [-0.05, 0) is 17.3 Å². The highest BCUT2D eigenvalue weighted by atomic mass is 35.5. The van der Waals surface area contributed by atoms with Gasteiger partial charge in [0.2, 0.25) is 5.82 Å². The maximum absolute atomic E-state index is 5.92. The van der Waals surface area contributed by atoms with Gasteiger partial charge in [0.25, 0.3) is 0 Å². The van der Waals surface area contributed by atoms with Crippen molar-refractivity contribution in [1.29, 1.82) is 0 Å². The van der Waals surface area contributed by atoms with Crippen LogP contribution in [0.25, 0.3) is 22.0 Å². The van der Waals surface area contributed by atoms with E-state index in [0.717, 1.165) is 26.9 Å². The van der Waals surface area contributed by atoms with Crippen LogP contribution in [0.1, 0.15) is 5.69 Å². The Hall–Kier alpha value is -2.57. The van der Waals surface area contributed by atoms with Gasteiger partial charge in [0.1, 0.15) is 11.6 Å². The van der Waals surface area contributed by atoms with Crippen LogP contribution in [-0.2, 0) is 6.54 Å². The third kappa shape index (κ3) is 3.20. The first-order valence-corrected chi connectivity index (χ1v) is 8.57. The number of nitrogens with zero attached hydrogens (tertiary/aromatic N) is 5. The lowest BCUT2D eigenvalue weighted by molar-refractivity contribution is 0.566. The minimum absolute atomic E-state index is 0.490. The molecule has 0 atom stereocenters. The summed E-state index contributed by atoms with van der Waals surface area (Å²) in [6, 6.07) is 17.4. The van der Waals surface area contributed by atoms with Gasteiger partial charge in [0.05, 0.1) is 5.69 Å². The minimum Gasteiger partial charge on any atom is -0.239 e. The molecule has 2 heterocycles. The molecule has 118 valence electrons. The van der Waals surface area contributed by atoms with Gasteiger partial charge < -0.3 is 0 Å². The van der Waals surface area contributed by atoms with Crippen LogP contribution in [0.5, 0.6) is 0 Å². The van der Waals surface area contributed by atoms with Crippen LogP contribution in [0.15, 0.2) is 60.0 Å². The van der Waals surface area contributed by atoms with Crippen molar-refractivity contribution in [2.24, 2.45) is 0 Å². The van der Waals surface area contributed by atoms with Crippen molar-refractivity contribution in [3.05, 3.63) is 70.7 Å². The Kier molecular flexibility index (Phi) is 4.06.